The van der Waals surface area contributed by atoms with Gasteiger partial charge >= 0.3 is 5.97 Å². The summed E-state index contributed by atoms with van der Waals surface area (Å²) in [5.41, 5.74) is 2.51. The monoisotopic (exact) mass is 338 g/mol. The molecule has 0 heterocycles. The van der Waals surface area contributed by atoms with Crippen molar-refractivity contribution in [3.63, 3.8) is 0 Å². The molecule has 0 atom stereocenters. The fourth-order valence-electron chi connectivity index (χ4n) is 1.65. The van der Waals surface area contributed by atoms with E-state index in [-0.39, 0.29) is 5.97 Å². The standard InChI is InChI=1S/C14H11IO2/c1-17-14(16)13-5-3-2-4-12(13)10-6-8-11(15)9-7-10/h2-9H,1H3. The van der Waals surface area contributed by atoms with Crippen LogP contribution in [0, 0.1) is 3.57 Å². The van der Waals surface area contributed by atoms with Crippen LogP contribution in [0.25, 0.3) is 11.1 Å². The number of esters is 1. The maximum Gasteiger partial charge on any atom is 0.338 e. The number of ether oxygens (including phenoxy) is 1. The first-order chi connectivity index (χ1) is 8.22. The molecular formula is C14H11IO2. The van der Waals surface area contributed by atoms with Crippen LogP contribution in [0.15, 0.2) is 48.5 Å². The minimum atomic E-state index is -0.306. The molecule has 0 spiro atoms. The predicted molar refractivity (Wildman–Crippen MR) is 75.9 cm³/mol. The van der Waals surface area contributed by atoms with Crippen LogP contribution in [-0.4, -0.2) is 13.1 Å². The van der Waals surface area contributed by atoms with E-state index in [4.69, 9.17) is 4.74 Å². The highest BCUT2D eigenvalue weighted by atomic mass is 127. The summed E-state index contributed by atoms with van der Waals surface area (Å²) in [6, 6.07) is 15.5. The van der Waals surface area contributed by atoms with E-state index in [1.807, 2.05) is 42.5 Å². The molecule has 0 aliphatic heterocycles. The fourth-order valence-corrected chi connectivity index (χ4v) is 2.01. The summed E-state index contributed by atoms with van der Waals surface area (Å²) in [5.74, 6) is -0.306. The van der Waals surface area contributed by atoms with Crippen LogP contribution in [0.3, 0.4) is 0 Å². The normalized spacial score (nSPS) is 10.0. The van der Waals surface area contributed by atoms with Crippen molar-refractivity contribution in [1.82, 2.24) is 0 Å². The highest BCUT2D eigenvalue weighted by Gasteiger charge is 2.11. The zero-order chi connectivity index (χ0) is 12.3. The first-order valence-corrected chi connectivity index (χ1v) is 6.23. The van der Waals surface area contributed by atoms with Gasteiger partial charge in [0.1, 0.15) is 0 Å². The minimum absolute atomic E-state index is 0.306. The summed E-state index contributed by atoms with van der Waals surface area (Å²) < 4.78 is 5.95. The zero-order valence-corrected chi connectivity index (χ0v) is 11.5. The Labute approximate surface area is 114 Å². The van der Waals surface area contributed by atoms with E-state index in [0.717, 1.165) is 11.1 Å². The van der Waals surface area contributed by atoms with Gasteiger partial charge in [-0.1, -0.05) is 30.3 Å². The second-order valence-corrected chi connectivity index (χ2v) is 4.79. The molecule has 17 heavy (non-hydrogen) atoms. The Hall–Kier alpha value is -1.36. The summed E-state index contributed by atoms with van der Waals surface area (Å²) >= 11 is 2.25. The molecule has 0 aliphatic rings. The molecule has 2 aromatic rings. The summed E-state index contributed by atoms with van der Waals surface area (Å²) in [5, 5.41) is 0. The summed E-state index contributed by atoms with van der Waals surface area (Å²) in [6.45, 7) is 0. The Morgan fingerprint density at radius 2 is 1.71 bits per heavy atom. The van der Waals surface area contributed by atoms with Gasteiger partial charge in [-0.25, -0.2) is 4.79 Å². The van der Waals surface area contributed by atoms with Crippen molar-refractivity contribution >= 4 is 28.6 Å². The summed E-state index contributed by atoms with van der Waals surface area (Å²) in [6.07, 6.45) is 0. The van der Waals surface area contributed by atoms with Crippen LogP contribution >= 0.6 is 22.6 Å². The Morgan fingerprint density at radius 3 is 2.35 bits per heavy atom. The summed E-state index contributed by atoms with van der Waals surface area (Å²) in [7, 11) is 1.40. The third kappa shape index (κ3) is 2.66. The van der Waals surface area contributed by atoms with Crippen LogP contribution in [0.1, 0.15) is 10.4 Å². The molecule has 2 aromatic carbocycles. The Bertz CT molecular complexity index is 532. The second kappa shape index (κ2) is 5.31. The molecule has 0 bridgehead atoms. The SMILES string of the molecule is COC(=O)c1ccccc1-c1ccc(I)cc1. The van der Waals surface area contributed by atoms with E-state index < -0.39 is 0 Å². The van der Waals surface area contributed by atoms with Crippen LogP contribution in [0.5, 0.6) is 0 Å². The number of methoxy groups -OCH3 is 1. The lowest BCUT2D eigenvalue weighted by Crippen LogP contribution is -2.03. The van der Waals surface area contributed by atoms with E-state index in [2.05, 4.69) is 22.6 Å². The van der Waals surface area contributed by atoms with Gasteiger partial charge in [-0.15, -0.1) is 0 Å². The lowest BCUT2D eigenvalue weighted by Gasteiger charge is -2.07. The van der Waals surface area contributed by atoms with E-state index in [1.54, 1.807) is 6.07 Å². The number of hydrogen-bond donors (Lipinski definition) is 0. The molecule has 0 aliphatic carbocycles. The number of carbonyl (C=O) groups excluding carboxylic acids is 1. The average molecular weight is 338 g/mol. The van der Waals surface area contributed by atoms with Gasteiger partial charge in [0.25, 0.3) is 0 Å². The van der Waals surface area contributed by atoms with Gasteiger partial charge in [-0.05, 0) is 51.9 Å². The summed E-state index contributed by atoms with van der Waals surface area (Å²) in [4.78, 5) is 11.7. The van der Waals surface area contributed by atoms with E-state index in [1.165, 1.54) is 10.7 Å². The number of halogens is 1. The molecule has 0 radical (unpaired) electrons. The van der Waals surface area contributed by atoms with Gasteiger partial charge < -0.3 is 4.74 Å². The zero-order valence-electron chi connectivity index (χ0n) is 9.31. The van der Waals surface area contributed by atoms with Gasteiger partial charge in [0.05, 0.1) is 12.7 Å². The van der Waals surface area contributed by atoms with Gasteiger partial charge in [0, 0.05) is 3.57 Å². The fraction of sp³-hybridized carbons (Fsp3) is 0.0714. The van der Waals surface area contributed by atoms with Gasteiger partial charge in [0.15, 0.2) is 0 Å². The van der Waals surface area contributed by atoms with Crippen molar-refractivity contribution in [1.29, 1.82) is 0 Å². The van der Waals surface area contributed by atoms with Crippen molar-refractivity contribution in [2.75, 3.05) is 7.11 Å². The molecule has 0 unspecified atom stereocenters. The largest absolute Gasteiger partial charge is 0.465 e. The Kier molecular flexibility index (Phi) is 3.78. The third-order valence-electron chi connectivity index (χ3n) is 2.49. The van der Waals surface area contributed by atoms with Crippen LogP contribution in [-0.2, 0) is 4.74 Å². The maximum absolute atomic E-state index is 11.7. The van der Waals surface area contributed by atoms with Gasteiger partial charge in [-0.2, -0.15) is 0 Å². The number of hydrogen-bond acceptors (Lipinski definition) is 2. The van der Waals surface area contributed by atoms with Crippen LogP contribution in [0.4, 0.5) is 0 Å². The molecule has 0 amide bonds. The number of rotatable bonds is 2. The smallest absolute Gasteiger partial charge is 0.338 e. The molecule has 2 rings (SSSR count). The number of benzene rings is 2. The van der Waals surface area contributed by atoms with Crippen molar-refractivity contribution in [3.8, 4) is 11.1 Å². The average Bonchev–Trinajstić information content (AvgIpc) is 2.39. The van der Waals surface area contributed by atoms with Crippen molar-refractivity contribution in [2.24, 2.45) is 0 Å². The molecule has 0 aromatic heterocycles. The highest BCUT2D eigenvalue weighted by Crippen LogP contribution is 2.24. The third-order valence-corrected chi connectivity index (χ3v) is 3.21. The number of carbonyl (C=O) groups is 1. The molecule has 86 valence electrons. The lowest BCUT2D eigenvalue weighted by atomic mass is 10.00. The van der Waals surface area contributed by atoms with Crippen molar-refractivity contribution < 1.29 is 9.53 Å². The highest BCUT2D eigenvalue weighted by molar-refractivity contribution is 14.1. The lowest BCUT2D eigenvalue weighted by molar-refractivity contribution is 0.0601. The Morgan fingerprint density at radius 1 is 1.06 bits per heavy atom. The Balaban J connectivity index is 2.51. The molecule has 0 N–H and O–H groups in total. The van der Waals surface area contributed by atoms with E-state index in [0.29, 0.717) is 5.56 Å². The first-order valence-electron chi connectivity index (χ1n) is 5.15. The molecule has 0 fully saturated rings. The molecular weight excluding hydrogens is 327 g/mol. The molecule has 3 heteroatoms. The van der Waals surface area contributed by atoms with Crippen LogP contribution < -0.4 is 0 Å². The maximum atomic E-state index is 11.7. The second-order valence-electron chi connectivity index (χ2n) is 3.54. The van der Waals surface area contributed by atoms with Crippen LogP contribution in [0.2, 0.25) is 0 Å². The van der Waals surface area contributed by atoms with Gasteiger partial charge in [0.2, 0.25) is 0 Å². The minimum Gasteiger partial charge on any atom is -0.465 e. The molecule has 2 nitrogen and oxygen atoms in total. The van der Waals surface area contributed by atoms with Gasteiger partial charge in [-0.3, -0.25) is 0 Å². The predicted octanol–water partition coefficient (Wildman–Crippen LogP) is 3.74. The molecule has 0 saturated heterocycles. The quantitative estimate of drug-likeness (QED) is 0.616. The van der Waals surface area contributed by atoms with E-state index >= 15 is 0 Å². The van der Waals surface area contributed by atoms with Crippen molar-refractivity contribution in [3.05, 3.63) is 57.7 Å². The van der Waals surface area contributed by atoms with Crippen molar-refractivity contribution in [2.45, 2.75) is 0 Å². The first kappa shape index (κ1) is 12.1. The van der Waals surface area contributed by atoms with E-state index in [9.17, 15) is 4.79 Å². The topological polar surface area (TPSA) is 26.3 Å². The molecule has 0 saturated carbocycles.